The van der Waals surface area contributed by atoms with Gasteiger partial charge in [0.2, 0.25) is 5.91 Å². The highest BCUT2D eigenvalue weighted by Gasteiger charge is 2.34. The molecule has 2 aliphatic heterocycles. The first kappa shape index (κ1) is 33.8. The van der Waals surface area contributed by atoms with Crippen molar-refractivity contribution in [2.45, 2.75) is 89.1 Å². The van der Waals surface area contributed by atoms with Gasteiger partial charge in [-0.15, -0.1) is 0 Å². The maximum atomic E-state index is 12.3. The number of β-amino-alcohol motifs (C(OH)–C–C–N with tert-alkyl or cyclic N) is 1. The molecule has 3 aromatic carbocycles. The number of hydrogen-bond donors (Lipinski definition) is 4. The van der Waals surface area contributed by atoms with Gasteiger partial charge < -0.3 is 30.1 Å². The van der Waals surface area contributed by atoms with Gasteiger partial charge in [-0.2, -0.15) is 0 Å². The number of aliphatic carboxylic acids is 1. The number of carbonyl (C=O) groups is 2. The van der Waals surface area contributed by atoms with E-state index < -0.39 is 12.3 Å². The zero-order chi connectivity index (χ0) is 32.3. The van der Waals surface area contributed by atoms with Crippen LogP contribution in [0.5, 0.6) is 0 Å². The fourth-order valence-corrected chi connectivity index (χ4v) is 6.20. The van der Waals surface area contributed by atoms with E-state index >= 15 is 0 Å². The van der Waals surface area contributed by atoms with Gasteiger partial charge in [-0.25, -0.2) is 0 Å². The number of benzene rings is 3. The second kappa shape index (κ2) is 16.8. The molecule has 46 heavy (non-hydrogen) atoms. The van der Waals surface area contributed by atoms with E-state index in [9.17, 15) is 19.8 Å². The number of aliphatic hydroxyl groups is 2. The number of unbranched alkanes of at least 4 members (excludes halogenated alkanes) is 3. The molecule has 0 saturated carbocycles. The van der Waals surface area contributed by atoms with E-state index in [1.165, 1.54) is 0 Å². The largest absolute Gasteiger partial charge is 0.481 e. The third kappa shape index (κ3) is 9.95. The van der Waals surface area contributed by atoms with E-state index in [0.29, 0.717) is 32.4 Å². The highest BCUT2D eigenvalue weighted by Crippen LogP contribution is 2.39. The predicted octanol–water partition coefficient (Wildman–Crippen LogP) is 5.50. The number of hydrogen-bond acceptors (Lipinski definition) is 7. The first-order chi connectivity index (χ1) is 22.4. The van der Waals surface area contributed by atoms with Gasteiger partial charge in [-0.05, 0) is 53.1 Å². The molecule has 0 spiro atoms. The van der Waals surface area contributed by atoms with Crippen molar-refractivity contribution in [3.8, 4) is 11.1 Å². The number of nitrogens with one attached hydrogen (secondary N) is 1. The van der Waals surface area contributed by atoms with Gasteiger partial charge in [-0.1, -0.05) is 79.6 Å². The molecule has 3 aromatic rings. The van der Waals surface area contributed by atoms with Crippen LogP contribution >= 0.6 is 0 Å². The molecule has 0 aromatic heterocycles. The molecule has 4 atom stereocenters. The summed E-state index contributed by atoms with van der Waals surface area (Å²) in [7, 11) is 0. The van der Waals surface area contributed by atoms with Gasteiger partial charge in [-0.3, -0.25) is 14.5 Å². The Bertz CT molecular complexity index is 1410. The van der Waals surface area contributed by atoms with Crippen LogP contribution in [-0.4, -0.2) is 63.9 Å². The standard InChI is InChI=1S/C37H46N2O7/c40-25-26-10-12-29(13-11-26)34-21-33(24-39-19-18-32(41)23-39)45-37(46-34)30-16-14-28(15-17-30)31-7-5-6-27(20-31)22-38-35(42)8-3-1-2-4-9-36(43)44/h5-7,10-17,20,32-34,37,40-41H,1-4,8-9,18-19,21-25H2,(H,38,42)(H,43,44)/t32-,33-,34+,37+/m0/s1. The Balaban J connectivity index is 1.19. The summed E-state index contributed by atoms with van der Waals surface area (Å²) >= 11 is 0. The SMILES string of the molecule is O=C(O)CCCCCCC(=O)NCc1cccc(-c2ccc([C@@H]3O[C@H](CN4CC[C@H](O)C4)C[C@H](c4ccc(CO)cc4)O3)cc2)c1. The van der Waals surface area contributed by atoms with Crippen molar-refractivity contribution in [1.29, 1.82) is 0 Å². The van der Waals surface area contributed by atoms with Crippen molar-refractivity contribution in [1.82, 2.24) is 10.2 Å². The fourth-order valence-electron chi connectivity index (χ4n) is 6.20. The lowest BCUT2D eigenvalue weighted by Crippen LogP contribution is -2.38. The summed E-state index contributed by atoms with van der Waals surface area (Å²) in [5.74, 6) is -0.772. The first-order valence-corrected chi connectivity index (χ1v) is 16.4. The minimum atomic E-state index is -0.775. The zero-order valence-electron chi connectivity index (χ0n) is 26.4. The maximum absolute atomic E-state index is 12.3. The van der Waals surface area contributed by atoms with Crippen LogP contribution in [0.1, 0.15) is 86.0 Å². The van der Waals surface area contributed by atoms with Crippen molar-refractivity contribution < 1.29 is 34.4 Å². The van der Waals surface area contributed by atoms with E-state index in [1.807, 2.05) is 48.5 Å². The fraction of sp³-hybridized carbons (Fsp3) is 0.459. The molecule has 2 saturated heterocycles. The summed E-state index contributed by atoms with van der Waals surface area (Å²) in [6.45, 7) is 2.70. The van der Waals surface area contributed by atoms with Crippen LogP contribution in [0.3, 0.4) is 0 Å². The second-order valence-electron chi connectivity index (χ2n) is 12.5. The van der Waals surface area contributed by atoms with Crippen LogP contribution in [-0.2, 0) is 32.2 Å². The van der Waals surface area contributed by atoms with Gasteiger partial charge in [0.25, 0.3) is 0 Å². The topological polar surface area (TPSA) is 129 Å². The Labute approximate surface area is 271 Å². The summed E-state index contributed by atoms with van der Waals surface area (Å²) in [6.07, 6.45) is 4.14. The highest BCUT2D eigenvalue weighted by atomic mass is 16.7. The number of likely N-dealkylation sites (tertiary alicyclic amines) is 1. The minimum absolute atomic E-state index is 0.000163. The van der Waals surface area contributed by atoms with Crippen molar-refractivity contribution in [3.63, 3.8) is 0 Å². The van der Waals surface area contributed by atoms with Crippen molar-refractivity contribution in [2.24, 2.45) is 0 Å². The van der Waals surface area contributed by atoms with Crippen LogP contribution in [0, 0.1) is 0 Å². The number of aliphatic hydroxyl groups excluding tert-OH is 2. The van der Waals surface area contributed by atoms with Crippen LogP contribution in [0.15, 0.2) is 72.8 Å². The molecule has 2 heterocycles. The number of rotatable bonds is 15. The maximum Gasteiger partial charge on any atom is 0.303 e. The Kier molecular flexibility index (Phi) is 12.3. The van der Waals surface area contributed by atoms with E-state index in [4.69, 9.17) is 14.6 Å². The third-order valence-electron chi connectivity index (χ3n) is 8.80. The average molecular weight is 631 g/mol. The summed E-state index contributed by atoms with van der Waals surface area (Å²) in [5.41, 5.74) is 5.95. The molecule has 0 radical (unpaired) electrons. The van der Waals surface area contributed by atoms with Gasteiger partial charge >= 0.3 is 5.97 Å². The Morgan fingerprint density at radius 3 is 2.28 bits per heavy atom. The third-order valence-corrected chi connectivity index (χ3v) is 8.80. The molecule has 0 aliphatic carbocycles. The zero-order valence-corrected chi connectivity index (χ0v) is 26.4. The van der Waals surface area contributed by atoms with Gasteiger partial charge in [0.1, 0.15) is 0 Å². The number of amides is 1. The number of carbonyl (C=O) groups excluding carboxylic acids is 1. The first-order valence-electron chi connectivity index (χ1n) is 16.4. The van der Waals surface area contributed by atoms with E-state index in [2.05, 4.69) is 34.5 Å². The van der Waals surface area contributed by atoms with Crippen LogP contribution in [0.4, 0.5) is 0 Å². The van der Waals surface area contributed by atoms with Crippen molar-refractivity contribution >= 4 is 11.9 Å². The smallest absolute Gasteiger partial charge is 0.303 e. The molecule has 9 nitrogen and oxygen atoms in total. The van der Waals surface area contributed by atoms with E-state index in [1.54, 1.807) is 0 Å². The molecular weight excluding hydrogens is 584 g/mol. The Morgan fingerprint density at radius 1 is 0.848 bits per heavy atom. The molecule has 5 rings (SSSR count). The number of ether oxygens (including phenoxy) is 2. The second-order valence-corrected chi connectivity index (χ2v) is 12.5. The Morgan fingerprint density at radius 2 is 1.59 bits per heavy atom. The van der Waals surface area contributed by atoms with E-state index in [0.717, 1.165) is 72.2 Å². The highest BCUT2D eigenvalue weighted by molar-refractivity contribution is 5.76. The van der Waals surface area contributed by atoms with Crippen LogP contribution in [0.2, 0.25) is 0 Å². The van der Waals surface area contributed by atoms with Crippen molar-refractivity contribution in [3.05, 3.63) is 95.1 Å². The summed E-state index contributed by atoms with van der Waals surface area (Å²) in [6, 6.07) is 24.2. The quantitative estimate of drug-likeness (QED) is 0.162. The van der Waals surface area contributed by atoms with Crippen LogP contribution in [0.25, 0.3) is 11.1 Å². The molecule has 4 N–H and O–H groups in total. The summed E-state index contributed by atoms with van der Waals surface area (Å²) < 4.78 is 13.0. The lowest BCUT2D eigenvalue weighted by molar-refractivity contribution is -0.252. The molecule has 1 amide bonds. The Hall–Kier alpha value is -3.60. The molecule has 2 aliphatic rings. The normalized spacial score (nSPS) is 21.7. The lowest BCUT2D eigenvalue weighted by Gasteiger charge is -2.37. The number of carboxylic acids is 1. The van der Waals surface area contributed by atoms with Crippen LogP contribution < -0.4 is 5.32 Å². The number of nitrogens with zero attached hydrogens (tertiary/aromatic N) is 1. The summed E-state index contributed by atoms with van der Waals surface area (Å²) in [5, 5.41) is 31.2. The lowest BCUT2D eigenvalue weighted by atomic mass is 9.99. The molecule has 2 fully saturated rings. The molecule has 0 unspecified atom stereocenters. The van der Waals surface area contributed by atoms with Gasteiger partial charge in [0.15, 0.2) is 6.29 Å². The molecule has 9 heteroatoms. The van der Waals surface area contributed by atoms with Crippen molar-refractivity contribution in [2.75, 3.05) is 19.6 Å². The molecular formula is C37H46N2O7. The molecule has 0 bridgehead atoms. The molecule has 246 valence electrons. The average Bonchev–Trinajstić information content (AvgIpc) is 3.49. The summed E-state index contributed by atoms with van der Waals surface area (Å²) in [4.78, 5) is 25.2. The van der Waals surface area contributed by atoms with Gasteiger partial charge in [0, 0.05) is 51.0 Å². The predicted molar refractivity (Wildman–Crippen MR) is 175 cm³/mol. The number of carboxylic acid groups (broad SMARTS) is 1. The minimum Gasteiger partial charge on any atom is -0.481 e. The van der Waals surface area contributed by atoms with E-state index in [-0.39, 0.29) is 37.2 Å². The van der Waals surface area contributed by atoms with Gasteiger partial charge in [0.05, 0.1) is 24.9 Å². The monoisotopic (exact) mass is 630 g/mol.